The van der Waals surface area contributed by atoms with Gasteiger partial charge in [-0.15, -0.1) is 0 Å². The Morgan fingerprint density at radius 1 is 1.17 bits per heavy atom. The van der Waals surface area contributed by atoms with Gasteiger partial charge in [0.25, 0.3) is 0 Å². The van der Waals surface area contributed by atoms with E-state index >= 15 is 0 Å². The van der Waals surface area contributed by atoms with Gasteiger partial charge in [0.2, 0.25) is 5.91 Å². The monoisotopic (exact) mass is 307 g/mol. The van der Waals surface area contributed by atoms with Crippen molar-refractivity contribution < 1.29 is 4.79 Å². The van der Waals surface area contributed by atoms with Crippen LogP contribution in [0.25, 0.3) is 0 Å². The summed E-state index contributed by atoms with van der Waals surface area (Å²) < 4.78 is 1.81. The Bertz CT molecular complexity index is 797. The van der Waals surface area contributed by atoms with E-state index < -0.39 is 0 Å². The molecule has 1 spiro atoms. The number of carbonyl (C=O) groups is 1. The van der Waals surface area contributed by atoms with Gasteiger partial charge in [-0.3, -0.25) is 14.4 Å². The Kier molecular flexibility index (Phi) is 2.59. The Balaban J connectivity index is 1.77. The Morgan fingerprint density at radius 3 is 2.61 bits per heavy atom. The summed E-state index contributed by atoms with van der Waals surface area (Å²) in [6.45, 7) is 0. The molecule has 118 valence electrons. The number of nitrogens with zero attached hydrogens (tertiary/aromatic N) is 3. The number of rotatable bonds is 2. The van der Waals surface area contributed by atoms with Crippen molar-refractivity contribution in [2.24, 2.45) is 7.05 Å². The number of fused-ring (bicyclic) bond motifs is 2. The van der Waals surface area contributed by atoms with E-state index in [1.165, 1.54) is 24.0 Å². The van der Waals surface area contributed by atoms with E-state index in [4.69, 9.17) is 0 Å². The molecule has 3 aliphatic rings. The Labute approximate surface area is 136 Å². The van der Waals surface area contributed by atoms with Crippen molar-refractivity contribution in [2.75, 3.05) is 4.90 Å². The molecule has 0 radical (unpaired) electrons. The zero-order valence-corrected chi connectivity index (χ0v) is 13.5. The molecule has 2 aromatic rings. The zero-order valence-electron chi connectivity index (χ0n) is 13.5. The number of amides is 1. The highest BCUT2D eigenvalue weighted by Crippen LogP contribution is 2.57. The van der Waals surface area contributed by atoms with Crippen LogP contribution < -0.4 is 4.90 Å². The molecule has 2 fully saturated rings. The first-order chi connectivity index (χ1) is 11.2. The lowest BCUT2D eigenvalue weighted by Gasteiger charge is -2.24. The van der Waals surface area contributed by atoms with Crippen LogP contribution in [0.15, 0.2) is 30.5 Å². The number of aromatic nitrogens is 2. The van der Waals surface area contributed by atoms with E-state index in [1.807, 2.05) is 18.0 Å². The van der Waals surface area contributed by atoms with Crippen molar-refractivity contribution in [3.63, 3.8) is 0 Å². The van der Waals surface area contributed by atoms with E-state index in [2.05, 4.69) is 23.3 Å². The van der Waals surface area contributed by atoms with E-state index in [0.717, 1.165) is 37.2 Å². The second-order valence-corrected chi connectivity index (χ2v) is 7.26. The van der Waals surface area contributed by atoms with Crippen molar-refractivity contribution in [2.45, 2.75) is 49.9 Å². The minimum atomic E-state index is -0.279. The molecule has 0 bridgehead atoms. The molecule has 0 unspecified atom stereocenters. The van der Waals surface area contributed by atoms with Gasteiger partial charge in [-0.05, 0) is 48.8 Å². The van der Waals surface area contributed by atoms with Gasteiger partial charge in [-0.25, -0.2) is 0 Å². The van der Waals surface area contributed by atoms with Gasteiger partial charge in [-0.2, -0.15) is 5.10 Å². The maximum absolute atomic E-state index is 13.5. The molecule has 0 N–H and O–H groups in total. The molecular formula is C19H21N3O. The average Bonchev–Trinajstić information content (AvgIpc) is 3.05. The molecule has 0 saturated heterocycles. The van der Waals surface area contributed by atoms with Gasteiger partial charge in [0.1, 0.15) is 5.82 Å². The van der Waals surface area contributed by atoms with Gasteiger partial charge in [0.15, 0.2) is 0 Å². The summed E-state index contributed by atoms with van der Waals surface area (Å²) in [5.41, 5.74) is 3.59. The number of carbonyl (C=O) groups excluding carboxylic acids is 1. The lowest BCUT2D eigenvalue weighted by molar-refractivity contribution is -0.122. The molecule has 0 atom stereocenters. The first-order valence-corrected chi connectivity index (χ1v) is 8.68. The standard InChI is InChI=1S/C19H21N3O/c1-21-16(9-12-20-21)22-15-6-4-5-14(13-7-8-13)17(15)19(18(22)23)10-2-3-11-19/h4-6,9,12-13H,2-3,7-8,10-11H2,1H3. The third kappa shape index (κ3) is 1.66. The van der Waals surface area contributed by atoms with Crippen LogP contribution in [-0.4, -0.2) is 15.7 Å². The fourth-order valence-corrected chi connectivity index (χ4v) is 4.69. The molecule has 4 nitrogen and oxygen atoms in total. The normalized spacial score (nSPS) is 22.1. The van der Waals surface area contributed by atoms with E-state index in [1.54, 1.807) is 10.9 Å². The van der Waals surface area contributed by atoms with Gasteiger partial charge < -0.3 is 0 Å². The highest BCUT2D eigenvalue weighted by atomic mass is 16.2. The minimum Gasteiger partial charge on any atom is -0.273 e. The highest BCUT2D eigenvalue weighted by molar-refractivity contribution is 6.13. The zero-order chi connectivity index (χ0) is 15.6. The van der Waals surface area contributed by atoms with Crippen molar-refractivity contribution >= 4 is 17.4 Å². The molecule has 2 aliphatic carbocycles. The van der Waals surface area contributed by atoms with Crippen LogP contribution in [-0.2, 0) is 17.3 Å². The largest absolute Gasteiger partial charge is 0.273 e. The Hall–Kier alpha value is -2.10. The number of aryl methyl sites for hydroxylation is 1. The molecular weight excluding hydrogens is 286 g/mol. The van der Waals surface area contributed by atoms with Gasteiger partial charge in [0.05, 0.1) is 17.3 Å². The summed E-state index contributed by atoms with van der Waals surface area (Å²) in [6.07, 6.45) is 8.62. The summed E-state index contributed by atoms with van der Waals surface area (Å²) >= 11 is 0. The molecule has 1 aromatic carbocycles. The highest BCUT2D eigenvalue weighted by Gasteiger charge is 2.55. The van der Waals surface area contributed by atoms with Crippen molar-refractivity contribution in [1.29, 1.82) is 0 Å². The van der Waals surface area contributed by atoms with Gasteiger partial charge in [0, 0.05) is 13.1 Å². The third-order valence-electron chi connectivity index (χ3n) is 5.91. The lowest BCUT2D eigenvalue weighted by atomic mass is 9.77. The summed E-state index contributed by atoms with van der Waals surface area (Å²) in [5.74, 6) is 1.82. The number of benzene rings is 1. The first-order valence-electron chi connectivity index (χ1n) is 8.68. The molecule has 5 rings (SSSR count). The summed E-state index contributed by atoms with van der Waals surface area (Å²) in [4.78, 5) is 15.4. The van der Waals surface area contributed by atoms with Crippen LogP contribution in [0.5, 0.6) is 0 Å². The van der Waals surface area contributed by atoms with Crippen molar-refractivity contribution in [3.8, 4) is 0 Å². The average molecular weight is 307 g/mol. The SMILES string of the molecule is Cn1nccc1N1C(=O)C2(CCCC2)c2c(C3CC3)cccc21. The maximum atomic E-state index is 13.5. The fraction of sp³-hybridized carbons (Fsp3) is 0.474. The van der Waals surface area contributed by atoms with Crippen molar-refractivity contribution in [1.82, 2.24) is 9.78 Å². The first kappa shape index (κ1) is 13.3. The smallest absolute Gasteiger partial charge is 0.243 e. The topological polar surface area (TPSA) is 38.1 Å². The van der Waals surface area contributed by atoms with Gasteiger partial charge >= 0.3 is 0 Å². The van der Waals surface area contributed by atoms with Crippen LogP contribution in [0, 0.1) is 0 Å². The molecule has 23 heavy (non-hydrogen) atoms. The summed E-state index contributed by atoms with van der Waals surface area (Å²) in [5, 5.41) is 4.28. The predicted octanol–water partition coefficient (Wildman–Crippen LogP) is 3.79. The van der Waals surface area contributed by atoms with E-state index in [0.29, 0.717) is 5.92 Å². The van der Waals surface area contributed by atoms with Crippen LogP contribution in [0.3, 0.4) is 0 Å². The van der Waals surface area contributed by atoms with Crippen LogP contribution >= 0.6 is 0 Å². The molecule has 4 heteroatoms. The van der Waals surface area contributed by atoms with Crippen LogP contribution in [0.1, 0.15) is 55.6 Å². The minimum absolute atomic E-state index is 0.265. The second-order valence-electron chi connectivity index (χ2n) is 7.26. The molecule has 1 aromatic heterocycles. The molecule has 2 saturated carbocycles. The van der Waals surface area contributed by atoms with Crippen LogP contribution in [0.4, 0.5) is 11.5 Å². The lowest BCUT2D eigenvalue weighted by Crippen LogP contribution is -2.37. The third-order valence-corrected chi connectivity index (χ3v) is 5.91. The van der Waals surface area contributed by atoms with E-state index in [-0.39, 0.29) is 11.3 Å². The summed E-state index contributed by atoms with van der Waals surface area (Å²) in [7, 11) is 1.91. The van der Waals surface area contributed by atoms with Crippen LogP contribution in [0.2, 0.25) is 0 Å². The number of hydrogen-bond donors (Lipinski definition) is 0. The summed E-state index contributed by atoms with van der Waals surface area (Å²) in [6, 6.07) is 8.45. The molecule has 1 amide bonds. The van der Waals surface area contributed by atoms with Gasteiger partial charge in [-0.1, -0.05) is 25.0 Å². The number of anilines is 2. The quantitative estimate of drug-likeness (QED) is 0.846. The molecule has 2 heterocycles. The second kappa shape index (κ2) is 4.47. The van der Waals surface area contributed by atoms with Crippen molar-refractivity contribution in [3.05, 3.63) is 41.6 Å². The molecule has 1 aliphatic heterocycles. The fourth-order valence-electron chi connectivity index (χ4n) is 4.69. The Morgan fingerprint density at radius 2 is 1.96 bits per heavy atom. The maximum Gasteiger partial charge on any atom is 0.243 e. The predicted molar refractivity (Wildman–Crippen MR) is 88.9 cm³/mol. The number of hydrogen-bond acceptors (Lipinski definition) is 2. The van der Waals surface area contributed by atoms with E-state index in [9.17, 15) is 4.79 Å².